The quantitative estimate of drug-likeness (QED) is 0.193. The number of benzene rings is 3. The van der Waals surface area contributed by atoms with E-state index in [0.717, 1.165) is 53.0 Å². The zero-order valence-electron chi connectivity index (χ0n) is 20.0. The lowest BCUT2D eigenvalue weighted by molar-refractivity contribution is 0.0978. The average molecular weight is 472 g/mol. The summed E-state index contributed by atoms with van der Waals surface area (Å²) in [5, 5.41) is 5.45. The van der Waals surface area contributed by atoms with Crippen LogP contribution in [0.25, 0.3) is 28.1 Å². The third-order valence-corrected chi connectivity index (χ3v) is 6.27. The first-order valence-electron chi connectivity index (χ1n) is 11.6. The molecule has 4 nitrogen and oxygen atoms in total. The molecule has 1 heterocycles. The summed E-state index contributed by atoms with van der Waals surface area (Å²) >= 11 is 6.13. The minimum absolute atomic E-state index is 0.187. The maximum atomic E-state index is 12.6. The van der Waals surface area contributed by atoms with E-state index >= 15 is 0 Å². The van der Waals surface area contributed by atoms with Crippen molar-refractivity contribution < 1.29 is 4.79 Å². The fraction of sp³-hybridized carbons (Fsp3) is 0.241. The molecule has 0 aliphatic rings. The molecule has 4 aromatic rings. The van der Waals surface area contributed by atoms with Gasteiger partial charge in [-0.3, -0.25) is 4.79 Å². The number of halogens is 1. The van der Waals surface area contributed by atoms with Gasteiger partial charge in [0.15, 0.2) is 5.78 Å². The molecule has 3 aromatic carbocycles. The Hall–Kier alpha value is -3.21. The van der Waals surface area contributed by atoms with Crippen molar-refractivity contribution in [3.8, 4) is 28.1 Å². The number of aromatic nitrogens is 2. The molecule has 0 spiro atoms. The maximum Gasteiger partial charge on any atom is 0.162 e. The van der Waals surface area contributed by atoms with Gasteiger partial charge < -0.3 is 4.90 Å². The highest BCUT2D eigenvalue weighted by Crippen LogP contribution is 2.36. The van der Waals surface area contributed by atoms with E-state index in [1.165, 1.54) is 5.56 Å². The first-order chi connectivity index (χ1) is 16.4. The molecule has 34 heavy (non-hydrogen) atoms. The lowest BCUT2D eigenvalue weighted by Crippen LogP contribution is -2.13. The largest absolute Gasteiger partial charge is 0.309 e. The molecule has 0 radical (unpaired) electrons. The summed E-state index contributed by atoms with van der Waals surface area (Å²) in [5.74, 6) is 0.187. The van der Waals surface area contributed by atoms with Crippen molar-refractivity contribution in [3.63, 3.8) is 0 Å². The molecule has 0 bridgehead atoms. The van der Waals surface area contributed by atoms with Crippen molar-refractivity contribution >= 4 is 17.4 Å². The van der Waals surface area contributed by atoms with Gasteiger partial charge in [0.25, 0.3) is 0 Å². The number of Topliss-reactive ketones (excluding diaryl/α,β-unsaturated/α-hetero) is 1. The lowest BCUT2D eigenvalue weighted by atomic mass is 9.98. The second-order valence-electron chi connectivity index (χ2n) is 8.87. The number of carbonyl (C=O) groups excluding carboxylic acids is 1. The van der Waals surface area contributed by atoms with Crippen molar-refractivity contribution in [2.24, 2.45) is 0 Å². The summed E-state index contributed by atoms with van der Waals surface area (Å²) in [6.07, 6.45) is 4.40. The minimum Gasteiger partial charge on any atom is -0.309 e. The molecule has 0 amide bonds. The van der Waals surface area contributed by atoms with Gasteiger partial charge >= 0.3 is 0 Å². The van der Waals surface area contributed by atoms with E-state index in [1.54, 1.807) is 0 Å². The molecule has 4 rings (SSSR count). The van der Waals surface area contributed by atoms with Crippen molar-refractivity contribution in [1.82, 2.24) is 14.7 Å². The van der Waals surface area contributed by atoms with E-state index < -0.39 is 0 Å². The normalized spacial score (nSPS) is 11.2. The number of unbranched alkanes of at least 4 members (excludes halogenated alkanes) is 1. The van der Waals surface area contributed by atoms with E-state index in [4.69, 9.17) is 16.7 Å². The van der Waals surface area contributed by atoms with Crippen LogP contribution in [0.5, 0.6) is 0 Å². The molecule has 5 heteroatoms. The van der Waals surface area contributed by atoms with Crippen LogP contribution in [0.3, 0.4) is 0 Å². The first kappa shape index (κ1) is 23.9. The average Bonchev–Trinajstić information content (AvgIpc) is 3.27. The Bertz CT molecular complexity index is 1260. The van der Waals surface area contributed by atoms with Crippen molar-refractivity contribution in [2.45, 2.75) is 26.2 Å². The van der Waals surface area contributed by atoms with E-state index in [0.29, 0.717) is 11.4 Å². The molecule has 0 saturated carbocycles. The third-order valence-electron chi connectivity index (χ3n) is 6.02. The van der Waals surface area contributed by atoms with Gasteiger partial charge in [-0.1, -0.05) is 48.0 Å². The van der Waals surface area contributed by atoms with E-state index in [9.17, 15) is 4.79 Å². The molecule has 0 N–H and O–H groups in total. The van der Waals surface area contributed by atoms with Gasteiger partial charge in [0.2, 0.25) is 0 Å². The highest BCUT2D eigenvalue weighted by Gasteiger charge is 2.18. The Kier molecular flexibility index (Phi) is 7.61. The van der Waals surface area contributed by atoms with Crippen molar-refractivity contribution in [1.29, 1.82) is 0 Å². The number of ketones is 1. The van der Waals surface area contributed by atoms with Gasteiger partial charge in [0.1, 0.15) is 0 Å². The number of carbonyl (C=O) groups is 1. The smallest absolute Gasteiger partial charge is 0.162 e. The Labute approximate surface area is 206 Å². The zero-order chi connectivity index (χ0) is 24.1. The monoisotopic (exact) mass is 471 g/mol. The fourth-order valence-electron chi connectivity index (χ4n) is 4.13. The van der Waals surface area contributed by atoms with Crippen molar-refractivity contribution in [3.05, 3.63) is 95.1 Å². The highest BCUT2D eigenvalue weighted by atomic mass is 35.5. The Morgan fingerprint density at radius 3 is 2.29 bits per heavy atom. The van der Waals surface area contributed by atoms with Crippen LogP contribution in [0.2, 0.25) is 5.02 Å². The SMILES string of the molecule is Cc1ccccc1-c1c(-c2ccc(Cl)cc2)cnn1-c1ccc(C(=O)CCCCN(C)C)cc1. The molecule has 0 aliphatic heterocycles. The predicted molar refractivity (Wildman–Crippen MR) is 141 cm³/mol. The second-order valence-corrected chi connectivity index (χ2v) is 9.31. The number of aryl methyl sites for hydroxylation is 1. The van der Waals surface area contributed by atoms with E-state index in [2.05, 4.69) is 38.1 Å². The van der Waals surface area contributed by atoms with Gasteiger partial charge in [-0.05, 0) is 87.9 Å². The maximum absolute atomic E-state index is 12.6. The molecule has 0 unspecified atom stereocenters. The van der Waals surface area contributed by atoms with Crippen LogP contribution in [0.1, 0.15) is 35.2 Å². The number of hydrogen-bond acceptors (Lipinski definition) is 3. The summed E-state index contributed by atoms with van der Waals surface area (Å²) in [7, 11) is 4.11. The predicted octanol–water partition coefficient (Wildman–Crippen LogP) is 7.08. The van der Waals surface area contributed by atoms with Crippen LogP contribution >= 0.6 is 11.6 Å². The van der Waals surface area contributed by atoms with Gasteiger partial charge in [0.05, 0.1) is 17.6 Å². The van der Waals surface area contributed by atoms with E-state index in [1.807, 2.05) is 71.5 Å². The molecule has 0 aliphatic carbocycles. The standard InChI is InChI=1S/C29H30ClN3O/c1-21-8-4-5-9-26(21)29-27(22-11-15-24(30)16-12-22)20-31-33(29)25-17-13-23(14-18-25)28(34)10-6-7-19-32(2)3/h4-5,8-9,11-18,20H,6-7,10,19H2,1-3H3. The number of rotatable bonds is 9. The third kappa shape index (κ3) is 5.46. The Morgan fingerprint density at radius 1 is 0.912 bits per heavy atom. The summed E-state index contributed by atoms with van der Waals surface area (Å²) in [5.41, 5.74) is 7.06. The molecule has 174 valence electrons. The molecule has 0 saturated heterocycles. The Morgan fingerprint density at radius 2 is 1.62 bits per heavy atom. The van der Waals surface area contributed by atoms with Crippen LogP contribution in [0.4, 0.5) is 0 Å². The molecule has 0 fully saturated rings. The second kappa shape index (κ2) is 10.8. The summed E-state index contributed by atoms with van der Waals surface area (Å²) in [6.45, 7) is 3.11. The van der Waals surface area contributed by atoms with Gasteiger partial charge in [-0.2, -0.15) is 5.10 Å². The van der Waals surface area contributed by atoms with Crippen LogP contribution in [-0.4, -0.2) is 41.1 Å². The zero-order valence-corrected chi connectivity index (χ0v) is 20.7. The molecule has 0 atom stereocenters. The lowest BCUT2D eigenvalue weighted by Gasteiger charge is -2.13. The summed E-state index contributed by atoms with van der Waals surface area (Å²) < 4.78 is 1.96. The summed E-state index contributed by atoms with van der Waals surface area (Å²) in [4.78, 5) is 14.8. The van der Waals surface area contributed by atoms with Crippen LogP contribution in [0.15, 0.2) is 79.0 Å². The number of nitrogens with zero attached hydrogens (tertiary/aromatic N) is 3. The van der Waals surface area contributed by atoms with Gasteiger partial charge in [-0.15, -0.1) is 0 Å². The van der Waals surface area contributed by atoms with Crippen LogP contribution < -0.4 is 0 Å². The topological polar surface area (TPSA) is 38.1 Å². The summed E-state index contributed by atoms with van der Waals surface area (Å²) in [6, 6.07) is 23.9. The van der Waals surface area contributed by atoms with Crippen molar-refractivity contribution in [2.75, 3.05) is 20.6 Å². The molecule has 1 aromatic heterocycles. The van der Waals surface area contributed by atoms with Gasteiger partial charge in [-0.25, -0.2) is 4.68 Å². The number of hydrogen-bond donors (Lipinski definition) is 0. The van der Waals surface area contributed by atoms with Crippen LogP contribution in [0, 0.1) is 6.92 Å². The Balaban J connectivity index is 1.66. The van der Waals surface area contributed by atoms with E-state index in [-0.39, 0.29) is 5.78 Å². The minimum atomic E-state index is 0.187. The van der Waals surface area contributed by atoms with Crippen LogP contribution in [-0.2, 0) is 0 Å². The highest BCUT2D eigenvalue weighted by molar-refractivity contribution is 6.30. The molecular weight excluding hydrogens is 442 g/mol. The first-order valence-corrected chi connectivity index (χ1v) is 12.0. The molecular formula is C29H30ClN3O. The van der Waals surface area contributed by atoms with Gasteiger partial charge in [0, 0.05) is 28.1 Å². The fourth-order valence-corrected chi connectivity index (χ4v) is 4.26.